The summed E-state index contributed by atoms with van der Waals surface area (Å²) < 4.78 is 1.77. The van der Waals surface area contributed by atoms with E-state index in [4.69, 9.17) is 0 Å². The van der Waals surface area contributed by atoms with Crippen LogP contribution in [0.3, 0.4) is 0 Å². The van der Waals surface area contributed by atoms with Crippen molar-refractivity contribution in [3.05, 3.63) is 41.9 Å². The van der Waals surface area contributed by atoms with Crippen LogP contribution in [0, 0.1) is 5.92 Å². The van der Waals surface area contributed by atoms with Crippen molar-refractivity contribution >= 4 is 11.8 Å². The number of nitrogens with zero attached hydrogens (tertiary/aromatic N) is 5. The molecular formula is C22H29N5O2. The number of hydrogen-bond donors (Lipinski definition) is 0. The van der Waals surface area contributed by atoms with E-state index in [9.17, 15) is 9.59 Å². The Morgan fingerprint density at radius 2 is 1.76 bits per heavy atom. The maximum absolute atomic E-state index is 13.3. The van der Waals surface area contributed by atoms with Crippen LogP contribution in [0.4, 0.5) is 0 Å². The lowest BCUT2D eigenvalue weighted by Crippen LogP contribution is -2.44. The monoisotopic (exact) mass is 395 g/mol. The van der Waals surface area contributed by atoms with Gasteiger partial charge in [0.05, 0.1) is 17.5 Å². The molecule has 0 atom stereocenters. The van der Waals surface area contributed by atoms with E-state index in [0.29, 0.717) is 24.5 Å². The van der Waals surface area contributed by atoms with Gasteiger partial charge in [-0.05, 0) is 43.7 Å². The fraction of sp³-hybridized carbons (Fsp3) is 0.545. The quantitative estimate of drug-likeness (QED) is 0.798. The first-order valence-corrected chi connectivity index (χ1v) is 10.6. The van der Waals surface area contributed by atoms with Crippen LogP contribution in [0.1, 0.15) is 61.5 Å². The Balaban J connectivity index is 1.48. The summed E-state index contributed by atoms with van der Waals surface area (Å²) in [6.45, 7) is 7.15. The number of piperidine rings is 1. The van der Waals surface area contributed by atoms with Crippen molar-refractivity contribution in [1.29, 1.82) is 0 Å². The third-order valence-electron chi connectivity index (χ3n) is 6.00. The number of likely N-dealkylation sites (tertiary alicyclic amines) is 2. The minimum absolute atomic E-state index is 0.00273. The molecule has 2 amide bonds. The summed E-state index contributed by atoms with van der Waals surface area (Å²) in [6, 6.07) is 5.67. The Morgan fingerprint density at radius 3 is 2.38 bits per heavy atom. The smallest absolute Gasteiger partial charge is 0.257 e. The second-order valence-electron chi connectivity index (χ2n) is 8.30. The summed E-state index contributed by atoms with van der Waals surface area (Å²) in [4.78, 5) is 34.2. The first-order chi connectivity index (χ1) is 14.1. The van der Waals surface area contributed by atoms with Gasteiger partial charge in [0.2, 0.25) is 5.91 Å². The van der Waals surface area contributed by atoms with Gasteiger partial charge in [0.25, 0.3) is 5.91 Å². The average molecular weight is 396 g/mol. The van der Waals surface area contributed by atoms with Gasteiger partial charge in [0, 0.05) is 38.3 Å². The number of carbonyl (C=O) groups is 2. The van der Waals surface area contributed by atoms with E-state index < -0.39 is 0 Å². The SMILES string of the molecule is CC(C)c1c(C(=O)N2CCC(C(=O)N3CCCC3)CC2)cnn1-c1ccccn1. The largest absolute Gasteiger partial charge is 0.342 e. The molecule has 0 bridgehead atoms. The third kappa shape index (κ3) is 3.91. The van der Waals surface area contributed by atoms with Gasteiger partial charge in [-0.15, -0.1) is 0 Å². The number of rotatable bonds is 4. The lowest BCUT2D eigenvalue weighted by atomic mass is 9.94. The van der Waals surface area contributed by atoms with Crippen LogP contribution in [0.2, 0.25) is 0 Å². The molecule has 4 rings (SSSR count). The van der Waals surface area contributed by atoms with Crippen molar-refractivity contribution in [1.82, 2.24) is 24.6 Å². The van der Waals surface area contributed by atoms with Gasteiger partial charge in [-0.25, -0.2) is 9.67 Å². The molecule has 2 fully saturated rings. The molecule has 0 aliphatic carbocycles. The summed E-state index contributed by atoms with van der Waals surface area (Å²) in [6.07, 6.45) is 7.10. The third-order valence-corrected chi connectivity index (χ3v) is 6.00. The highest BCUT2D eigenvalue weighted by Gasteiger charge is 2.33. The number of amides is 2. The van der Waals surface area contributed by atoms with E-state index in [0.717, 1.165) is 44.5 Å². The fourth-order valence-corrected chi connectivity index (χ4v) is 4.44. The van der Waals surface area contributed by atoms with Gasteiger partial charge < -0.3 is 9.80 Å². The van der Waals surface area contributed by atoms with Crippen LogP contribution in [0.25, 0.3) is 5.82 Å². The Hall–Kier alpha value is -2.70. The predicted molar refractivity (Wildman–Crippen MR) is 110 cm³/mol. The standard InChI is InChI=1S/C22H29N5O2/c1-16(2)20-18(15-24-27(20)19-7-3-4-10-23-19)22(29)26-13-8-17(9-14-26)21(28)25-11-5-6-12-25/h3-4,7,10,15-17H,5-6,8-9,11-14H2,1-2H3. The molecule has 29 heavy (non-hydrogen) atoms. The topological polar surface area (TPSA) is 71.3 Å². The summed E-state index contributed by atoms with van der Waals surface area (Å²) in [5.41, 5.74) is 1.51. The molecule has 154 valence electrons. The molecule has 0 unspecified atom stereocenters. The van der Waals surface area contributed by atoms with Crippen molar-refractivity contribution < 1.29 is 9.59 Å². The van der Waals surface area contributed by atoms with E-state index in [2.05, 4.69) is 23.9 Å². The highest BCUT2D eigenvalue weighted by Crippen LogP contribution is 2.27. The van der Waals surface area contributed by atoms with Crippen LogP contribution in [-0.4, -0.2) is 62.6 Å². The lowest BCUT2D eigenvalue weighted by molar-refractivity contribution is -0.135. The summed E-state index contributed by atoms with van der Waals surface area (Å²) in [5, 5.41) is 4.46. The van der Waals surface area contributed by atoms with E-state index in [-0.39, 0.29) is 23.7 Å². The van der Waals surface area contributed by atoms with Gasteiger partial charge in [-0.3, -0.25) is 9.59 Å². The zero-order valence-corrected chi connectivity index (χ0v) is 17.3. The molecule has 7 nitrogen and oxygen atoms in total. The molecule has 2 aromatic heterocycles. The number of pyridine rings is 1. The highest BCUT2D eigenvalue weighted by atomic mass is 16.2. The predicted octanol–water partition coefficient (Wildman–Crippen LogP) is 2.87. The van der Waals surface area contributed by atoms with Gasteiger partial charge in [-0.2, -0.15) is 5.10 Å². The van der Waals surface area contributed by atoms with Crippen LogP contribution in [-0.2, 0) is 4.79 Å². The van der Waals surface area contributed by atoms with E-state index in [1.807, 2.05) is 28.0 Å². The van der Waals surface area contributed by atoms with E-state index >= 15 is 0 Å². The van der Waals surface area contributed by atoms with Crippen molar-refractivity contribution in [2.75, 3.05) is 26.2 Å². The lowest BCUT2D eigenvalue weighted by Gasteiger charge is -2.33. The van der Waals surface area contributed by atoms with E-state index in [1.165, 1.54) is 0 Å². The van der Waals surface area contributed by atoms with Crippen molar-refractivity contribution in [3.63, 3.8) is 0 Å². The van der Waals surface area contributed by atoms with Crippen molar-refractivity contribution in [2.45, 2.75) is 45.4 Å². The maximum Gasteiger partial charge on any atom is 0.257 e. The number of aromatic nitrogens is 3. The van der Waals surface area contributed by atoms with Gasteiger partial charge >= 0.3 is 0 Å². The maximum atomic E-state index is 13.3. The first kappa shape index (κ1) is 19.6. The second kappa shape index (κ2) is 8.35. The Morgan fingerprint density at radius 1 is 1.03 bits per heavy atom. The first-order valence-electron chi connectivity index (χ1n) is 10.6. The molecule has 0 spiro atoms. The molecule has 0 aromatic carbocycles. The second-order valence-corrected chi connectivity index (χ2v) is 8.30. The molecule has 2 saturated heterocycles. The molecule has 2 aromatic rings. The zero-order valence-electron chi connectivity index (χ0n) is 17.3. The van der Waals surface area contributed by atoms with Crippen molar-refractivity contribution in [3.8, 4) is 5.82 Å². The minimum atomic E-state index is 0.00273. The van der Waals surface area contributed by atoms with Gasteiger partial charge in [0.15, 0.2) is 5.82 Å². The van der Waals surface area contributed by atoms with Crippen LogP contribution < -0.4 is 0 Å². The molecule has 2 aliphatic heterocycles. The Labute approximate surface area is 171 Å². The fourth-order valence-electron chi connectivity index (χ4n) is 4.44. The summed E-state index contributed by atoms with van der Waals surface area (Å²) >= 11 is 0. The summed E-state index contributed by atoms with van der Waals surface area (Å²) in [7, 11) is 0. The molecule has 2 aliphatic rings. The normalized spacial score (nSPS) is 17.9. The molecule has 0 radical (unpaired) electrons. The average Bonchev–Trinajstić information content (AvgIpc) is 3.43. The molecule has 7 heteroatoms. The van der Waals surface area contributed by atoms with Crippen LogP contribution in [0.5, 0.6) is 0 Å². The highest BCUT2D eigenvalue weighted by molar-refractivity contribution is 5.95. The van der Waals surface area contributed by atoms with Crippen LogP contribution >= 0.6 is 0 Å². The molecular weight excluding hydrogens is 366 g/mol. The van der Waals surface area contributed by atoms with E-state index in [1.54, 1.807) is 17.1 Å². The number of hydrogen-bond acceptors (Lipinski definition) is 4. The van der Waals surface area contributed by atoms with Crippen molar-refractivity contribution in [2.24, 2.45) is 5.92 Å². The summed E-state index contributed by atoms with van der Waals surface area (Å²) in [5.74, 6) is 1.18. The Kier molecular flexibility index (Phi) is 5.65. The Bertz CT molecular complexity index is 863. The molecule has 0 saturated carbocycles. The molecule has 4 heterocycles. The molecule has 0 N–H and O–H groups in total. The minimum Gasteiger partial charge on any atom is -0.342 e. The zero-order chi connectivity index (χ0) is 20.4. The van der Waals surface area contributed by atoms with Gasteiger partial charge in [-0.1, -0.05) is 19.9 Å². The number of carbonyl (C=O) groups excluding carboxylic acids is 2. The van der Waals surface area contributed by atoms with Crippen LogP contribution in [0.15, 0.2) is 30.6 Å². The van der Waals surface area contributed by atoms with Gasteiger partial charge in [0.1, 0.15) is 0 Å².